The van der Waals surface area contributed by atoms with E-state index in [2.05, 4.69) is 10.6 Å². The van der Waals surface area contributed by atoms with Gasteiger partial charge in [0.05, 0.1) is 24.2 Å². The molecule has 1 aromatic rings. The first-order valence-electron chi connectivity index (χ1n) is 8.22. The fraction of sp³-hybridized carbons (Fsp3) is 0.471. The Morgan fingerprint density at radius 1 is 1.19 bits per heavy atom. The molecule has 2 amide bonds. The first-order valence-corrected chi connectivity index (χ1v) is 10.0. The molecule has 2 N–H and O–H groups in total. The van der Waals surface area contributed by atoms with Gasteiger partial charge >= 0.3 is 5.97 Å². The van der Waals surface area contributed by atoms with Gasteiger partial charge in [-0.05, 0) is 37.6 Å². The van der Waals surface area contributed by atoms with E-state index in [9.17, 15) is 22.8 Å². The summed E-state index contributed by atoms with van der Waals surface area (Å²) in [5.74, 6) is -1.37. The summed E-state index contributed by atoms with van der Waals surface area (Å²) >= 11 is 0. The molecule has 0 bridgehead atoms. The van der Waals surface area contributed by atoms with Crippen LogP contribution in [0.4, 0.5) is 0 Å². The molecule has 1 aliphatic heterocycles. The molecule has 27 heavy (non-hydrogen) atoms. The summed E-state index contributed by atoms with van der Waals surface area (Å²) in [4.78, 5) is 35.5. The lowest BCUT2D eigenvalue weighted by Gasteiger charge is -2.23. The number of hydrogen-bond donors (Lipinski definition) is 2. The molecule has 10 heteroatoms. The maximum atomic E-state index is 11.9. The second-order valence-corrected chi connectivity index (χ2v) is 8.71. The molecule has 1 fully saturated rings. The van der Waals surface area contributed by atoms with Gasteiger partial charge in [-0.2, -0.15) is 0 Å². The molecule has 0 saturated carbocycles. The van der Waals surface area contributed by atoms with Gasteiger partial charge in [0.25, 0.3) is 11.8 Å². The Morgan fingerprint density at radius 3 is 2.41 bits per heavy atom. The Labute approximate surface area is 157 Å². The first-order chi connectivity index (χ1) is 12.6. The van der Waals surface area contributed by atoms with E-state index in [1.165, 1.54) is 7.11 Å². The zero-order valence-corrected chi connectivity index (χ0v) is 15.9. The molecule has 2 rings (SSSR count). The van der Waals surface area contributed by atoms with Gasteiger partial charge in [0.1, 0.15) is 12.3 Å². The largest absolute Gasteiger partial charge is 0.497 e. The van der Waals surface area contributed by atoms with Crippen LogP contribution < -0.4 is 15.4 Å². The monoisotopic (exact) mass is 398 g/mol. The summed E-state index contributed by atoms with van der Waals surface area (Å²) < 4.78 is 32.8. The molecule has 0 aromatic heterocycles. The van der Waals surface area contributed by atoms with Gasteiger partial charge in [-0.25, -0.2) is 8.42 Å². The highest BCUT2D eigenvalue weighted by Gasteiger charge is 2.39. The van der Waals surface area contributed by atoms with Crippen LogP contribution in [-0.2, 0) is 24.2 Å². The molecule has 0 aliphatic carbocycles. The van der Waals surface area contributed by atoms with E-state index in [-0.39, 0.29) is 11.5 Å². The Hall–Kier alpha value is -2.62. The minimum absolute atomic E-state index is 0.0148. The molecule has 0 spiro atoms. The molecule has 1 aromatic carbocycles. The van der Waals surface area contributed by atoms with Crippen LogP contribution in [-0.4, -0.2) is 63.5 Å². The Kier molecular flexibility index (Phi) is 6.42. The van der Waals surface area contributed by atoms with Crippen LogP contribution in [0.25, 0.3) is 0 Å². The minimum atomic E-state index is -3.16. The van der Waals surface area contributed by atoms with Crippen molar-refractivity contribution in [2.75, 3.05) is 31.8 Å². The number of ether oxygens (including phenoxy) is 2. The lowest BCUT2D eigenvalue weighted by molar-refractivity contribution is -0.147. The molecular weight excluding hydrogens is 376 g/mol. The van der Waals surface area contributed by atoms with Crippen molar-refractivity contribution in [1.29, 1.82) is 0 Å². The number of benzene rings is 1. The fourth-order valence-electron chi connectivity index (χ4n) is 2.68. The predicted molar refractivity (Wildman–Crippen MR) is 96.1 cm³/mol. The van der Waals surface area contributed by atoms with Crippen LogP contribution in [0.3, 0.4) is 0 Å². The molecule has 0 radical (unpaired) electrons. The van der Waals surface area contributed by atoms with Crippen molar-refractivity contribution >= 4 is 27.6 Å². The molecule has 1 heterocycles. The second kappa shape index (κ2) is 8.38. The topological polar surface area (TPSA) is 128 Å². The van der Waals surface area contributed by atoms with E-state index >= 15 is 0 Å². The Morgan fingerprint density at radius 2 is 1.85 bits per heavy atom. The number of methoxy groups -OCH3 is 1. The maximum Gasteiger partial charge on any atom is 0.325 e. The van der Waals surface area contributed by atoms with Gasteiger partial charge in [0.2, 0.25) is 0 Å². The third-order valence-corrected chi connectivity index (χ3v) is 5.96. The van der Waals surface area contributed by atoms with Gasteiger partial charge in [0.15, 0.2) is 16.4 Å². The van der Waals surface area contributed by atoms with Gasteiger partial charge in [-0.3, -0.25) is 14.4 Å². The van der Waals surface area contributed by atoms with Crippen molar-refractivity contribution < 1.29 is 32.3 Å². The van der Waals surface area contributed by atoms with Gasteiger partial charge in [0, 0.05) is 5.56 Å². The number of nitrogens with one attached hydrogen (secondary N) is 2. The molecule has 1 atom stereocenters. The molecule has 0 unspecified atom stereocenters. The van der Waals surface area contributed by atoms with Crippen molar-refractivity contribution in [3.63, 3.8) is 0 Å². The quantitative estimate of drug-likeness (QED) is 0.602. The summed E-state index contributed by atoms with van der Waals surface area (Å²) in [5, 5.41) is 4.96. The zero-order chi connectivity index (χ0) is 20.1. The van der Waals surface area contributed by atoms with Crippen molar-refractivity contribution in [2.45, 2.75) is 18.9 Å². The van der Waals surface area contributed by atoms with Crippen LogP contribution >= 0.6 is 0 Å². The first kappa shape index (κ1) is 20.7. The van der Waals surface area contributed by atoms with Crippen LogP contribution in [0, 0.1) is 0 Å². The SMILES string of the molecule is COc1ccc(C(=O)NCC(=O)OCC(=O)N[C@]2(C)CCS(=O)(=O)C2)cc1. The smallest absolute Gasteiger partial charge is 0.325 e. The highest BCUT2D eigenvalue weighted by atomic mass is 32.2. The van der Waals surface area contributed by atoms with E-state index in [0.717, 1.165) is 0 Å². The highest BCUT2D eigenvalue weighted by molar-refractivity contribution is 7.91. The number of amides is 2. The summed E-state index contributed by atoms with van der Waals surface area (Å²) in [6.45, 7) is 0.684. The second-order valence-electron chi connectivity index (χ2n) is 6.52. The number of carbonyl (C=O) groups is 3. The molecule has 1 saturated heterocycles. The van der Waals surface area contributed by atoms with Crippen molar-refractivity contribution in [3.8, 4) is 5.75 Å². The predicted octanol–water partition coefficient (Wildman–Crippen LogP) is -0.338. The number of hydrogen-bond acceptors (Lipinski definition) is 7. The maximum absolute atomic E-state index is 11.9. The van der Waals surface area contributed by atoms with Gasteiger partial charge < -0.3 is 20.1 Å². The van der Waals surface area contributed by atoms with Gasteiger partial charge in [-0.1, -0.05) is 0 Å². The van der Waals surface area contributed by atoms with Crippen molar-refractivity contribution in [2.24, 2.45) is 0 Å². The third-order valence-electron chi connectivity index (χ3n) is 4.05. The van der Waals surface area contributed by atoms with Crippen LogP contribution in [0.2, 0.25) is 0 Å². The average molecular weight is 398 g/mol. The van der Waals surface area contributed by atoms with E-state index in [0.29, 0.717) is 17.7 Å². The Balaban J connectivity index is 1.72. The number of carbonyl (C=O) groups excluding carboxylic acids is 3. The number of sulfone groups is 1. The van der Waals surface area contributed by atoms with Crippen molar-refractivity contribution in [1.82, 2.24) is 10.6 Å². The van der Waals surface area contributed by atoms with Crippen LogP contribution in [0.5, 0.6) is 5.75 Å². The lowest BCUT2D eigenvalue weighted by Crippen LogP contribution is -2.48. The van der Waals surface area contributed by atoms with E-state index in [1.54, 1.807) is 31.2 Å². The molecule has 1 aliphatic rings. The normalized spacial score (nSPS) is 20.5. The van der Waals surface area contributed by atoms with Crippen LogP contribution in [0.1, 0.15) is 23.7 Å². The molecule has 9 nitrogen and oxygen atoms in total. The summed E-state index contributed by atoms with van der Waals surface area (Å²) in [6.07, 6.45) is 0.312. The van der Waals surface area contributed by atoms with E-state index in [1.807, 2.05) is 0 Å². The fourth-order valence-corrected chi connectivity index (χ4v) is 4.77. The third kappa shape index (κ3) is 6.24. The number of rotatable bonds is 7. The van der Waals surface area contributed by atoms with Crippen molar-refractivity contribution in [3.05, 3.63) is 29.8 Å². The zero-order valence-electron chi connectivity index (χ0n) is 15.1. The Bertz CT molecular complexity index is 820. The molecular formula is C17H22N2O7S. The average Bonchev–Trinajstić information content (AvgIpc) is 2.90. The number of esters is 1. The summed E-state index contributed by atoms with van der Waals surface area (Å²) in [6, 6.07) is 6.31. The summed E-state index contributed by atoms with van der Waals surface area (Å²) in [5.41, 5.74) is -0.512. The van der Waals surface area contributed by atoms with Gasteiger partial charge in [-0.15, -0.1) is 0 Å². The van der Waals surface area contributed by atoms with Crippen LogP contribution in [0.15, 0.2) is 24.3 Å². The summed E-state index contributed by atoms with van der Waals surface area (Å²) in [7, 11) is -1.65. The minimum Gasteiger partial charge on any atom is -0.497 e. The highest BCUT2D eigenvalue weighted by Crippen LogP contribution is 2.22. The van der Waals surface area contributed by atoms with E-state index < -0.39 is 46.3 Å². The standard InChI is InChI=1S/C17H22N2O7S/c1-17(7-8-27(23,24)11-17)19-14(20)10-26-15(21)9-18-16(22)12-3-5-13(25-2)6-4-12/h3-6H,7-11H2,1-2H3,(H,18,22)(H,19,20)/t17-/m1/s1. The van der Waals surface area contributed by atoms with E-state index in [4.69, 9.17) is 9.47 Å². The lowest BCUT2D eigenvalue weighted by atomic mass is 10.0. The molecule has 148 valence electrons.